The van der Waals surface area contributed by atoms with Crippen molar-refractivity contribution in [2.24, 2.45) is 0 Å². The van der Waals surface area contributed by atoms with E-state index >= 15 is 0 Å². The van der Waals surface area contributed by atoms with Crippen molar-refractivity contribution in [1.82, 2.24) is 4.90 Å². The lowest BCUT2D eigenvalue weighted by molar-refractivity contribution is -0.139. The molecule has 1 aliphatic rings. The standard InChI is InChI=1S/C17H22F3NO2/c1-2-10-23-14-7-5-9-21(12-14)16(22)11-13-6-3-4-8-15(13)17(18,19)20/h3-4,6,8,14H,2,5,7,9-12H2,1H3. The summed E-state index contributed by atoms with van der Waals surface area (Å²) in [7, 11) is 0. The van der Waals surface area contributed by atoms with Crippen LogP contribution in [0.3, 0.4) is 0 Å². The van der Waals surface area contributed by atoms with Crippen LogP contribution in [0.2, 0.25) is 0 Å². The van der Waals surface area contributed by atoms with Crippen molar-refractivity contribution in [3.63, 3.8) is 0 Å². The number of halogens is 3. The summed E-state index contributed by atoms with van der Waals surface area (Å²) in [6.45, 7) is 3.70. The summed E-state index contributed by atoms with van der Waals surface area (Å²) in [5.74, 6) is -0.272. The number of ether oxygens (including phenoxy) is 1. The van der Waals surface area contributed by atoms with E-state index in [-0.39, 0.29) is 24.0 Å². The van der Waals surface area contributed by atoms with Crippen molar-refractivity contribution < 1.29 is 22.7 Å². The number of likely N-dealkylation sites (tertiary alicyclic amines) is 1. The van der Waals surface area contributed by atoms with Gasteiger partial charge < -0.3 is 9.64 Å². The molecule has 0 N–H and O–H groups in total. The molecule has 23 heavy (non-hydrogen) atoms. The molecule has 0 aliphatic carbocycles. The Hall–Kier alpha value is -1.56. The average molecular weight is 329 g/mol. The van der Waals surface area contributed by atoms with Crippen molar-refractivity contribution >= 4 is 5.91 Å². The van der Waals surface area contributed by atoms with E-state index < -0.39 is 11.7 Å². The van der Waals surface area contributed by atoms with Gasteiger partial charge >= 0.3 is 6.18 Å². The molecule has 3 nitrogen and oxygen atoms in total. The number of hydrogen-bond acceptors (Lipinski definition) is 2. The molecule has 1 aliphatic heterocycles. The van der Waals surface area contributed by atoms with E-state index in [0.717, 1.165) is 25.3 Å². The Morgan fingerprint density at radius 2 is 2.09 bits per heavy atom. The molecule has 1 atom stereocenters. The molecule has 0 spiro atoms. The van der Waals surface area contributed by atoms with Crippen LogP contribution in [-0.2, 0) is 22.1 Å². The molecule has 0 radical (unpaired) electrons. The molecule has 0 bridgehead atoms. The lowest BCUT2D eigenvalue weighted by Crippen LogP contribution is -2.44. The smallest absolute Gasteiger partial charge is 0.376 e. The highest BCUT2D eigenvalue weighted by atomic mass is 19.4. The van der Waals surface area contributed by atoms with E-state index in [1.165, 1.54) is 18.2 Å². The molecule has 1 amide bonds. The molecule has 1 aromatic carbocycles. The third-order valence-corrected chi connectivity index (χ3v) is 3.95. The van der Waals surface area contributed by atoms with Gasteiger partial charge in [-0.05, 0) is 30.9 Å². The summed E-state index contributed by atoms with van der Waals surface area (Å²) >= 11 is 0. The number of piperidine rings is 1. The highest BCUT2D eigenvalue weighted by molar-refractivity contribution is 5.79. The van der Waals surface area contributed by atoms with Crippen LogP contribution in [0, 0.1) is 0 Å². The quantitative estimate of drug-likeness (QED) is 0.825. The van der Waals surface area contributed by atoms with Gasteiger partial charge in [0.25, 0.3) is 0 Å². The molecule has 1 saturated heterocycles. The molecular weight excluding hydrogens is 307 g/mol. The molecule has 1 unspecified atom stereocenters. The highest BCUT2D eigenvalue weighted by Gasteiger charge is 2.34. The van der Waals surface area contributed by atoms with Crippen LogP contribution in [0.25, 0.3) is 0 Å². The van der Waals surface area contributed by atoms with Gasteiger partial charge in [-0.3, -0.25) is 4.79 Å². The largest absolute Gasteiger partial charge is 0.416 e. The molecule has 0 saturated carbocycles. The number of hydrogen-bond donors (Lipinski definition) is 0. The molecule has 6 heteroatoms. The van der Waals surface area contributed by atoms with Gasteiger partial charge in [-0.25, -0.2) is 0 Å². The fraction of sp³-hybridized carbons (Fsp3) is 0.588. The first-order valence-electron chi connectivity index (χ1n) is 7.96. The topological polar surface area (TPSA) is 29.5 Å². The van der Waals surface area contributed by atoms with Crippen LogP contribution in [0.1, 0.15) is 37.3 Å². The number of carbonyl (C=O) groups is 1. The molecule has 1 fully saturated rings. The molecule has 0 aromatic heterocycles. The first-order chi connectivity index (χ1) is 10.9. The van der Waals surface area contributed by atoms with Gasteiger partial charge in [0.2, 0.25) is 5.91 Å². The second-order valence-electron chi connectivity index (χ2n) is 5.81. The van der Waals surface area contributed by atoms with E-state index in [0.29, 0.717) is 19.7 Å². The van der Waals surface area contributed by atoms with Crippen LogP contribution >= 0.6 is 0 Å². The van der Waals surface area contributed by atoms with Gasteiger partial charge in [0.15, 0.2) is 0 Å². The van der Waals surface area contributed by atoms with Crippen LogP contribution in [0.5, 0.6) is 0 Å². The zero-order chi connectivity index (χ0) is 16.9. The monoisotopic (exact) mass is 329 g/mol. The minimum atomic E-state index is -4.44. The van der Waals surface area contributed by atoms with E-state index in [2.05, 4.69) is 0 Å². The van der Waals surface area contributed by atoms with Crippen molar-refractivity contribution in [2.45, 2.75) is 44.9 Å². The third kappa shape index (κ3) is 4.96. The van der Waals surface area contributed by atoms with E-state index in [1.54, 1.807) is 4.90 Å². The molecule has 2 rings (SSSR count). The van der Waals surface area contributed by atoms with Crippen molar-refractivity contribution in [3.8, 4) is 0 Å². The predicted octanol–water partition coefficient (Wildman–Crippen LogP) is 3.67. The Morgan fingerprint density at radius 1 is 1.35 bits per heavy atom. The zero-order valence-electron chi connectivity index (χ0n) is 13.2. The average Bonchev–Trinajstić information content (AvgIpc) is 2.52. The lowest BCUT2D eigenvalue weighted by Gasteiger charge is -2.33. The summed E-state index contributed by atoms with van der Waals surface area (Å²) in [6.07, 6.45) is -2.06. The van der Waals surface area contributed by atoms with Crippen molar-refractivity contribution in [2.75, 3.05) is 19.7 Å². The van der Waals surface area contributed by atoms with Crippen LogP contribution in [-0.4, -0.2) is 36.6 Å². The van der Waals surface area contributed by atoms with Gasteiger partial charge in [0.05, 0.1) is 18.1 Å². The normalized spacial score (nSPS) is 19.0. The van der Waals surface area contributed by atoms with Gasteiger partial charge in [-0.15, -0.1) is 0 Å². The van der Waals surface area contributed by atoms with Gasteiger partial charge in [0, 0.05) is 19.7 Å². The number of amides is 1. The van der Waals surface area contributed by atoms with Gasteiger partial charge in [-0.2, -0.15) is 13.2 Å². The summed E-state index contributed by atoms with van der Waals surface area (Å²) in [5.41, 5.74) is -0.703. The second-order valence-corrected chi connectivity index (χ2v) is 5.81. The van der Waals surface area contributed by atoms with E-state index in [1.807, 2.05) is 6.92 Å². The first kappa shape index (κ1) is 17.8. The maximum atomic E-state index is 13.0. The summed E-state index contributed by atoms with van der Waals surface area (Å²) in [5, 5.41) is 0. The molecule has 1 heterocycles. The highest BCUT2D eigenvalue weighted by Crippen LogP contribution is 2.32. The number of benzene rings is 1. The fourth-order valence-corrected chi connectivity index (χ4v) is 2.81. The van der Waals surface area contributed by atoms with Crippen LogP contribution < -0.4 is 0 Å². The minimum Gasteiger partial charge on any atom is -0.376 e. The van der Waals surface area contributed by atoms with Crippen molar-refractivity contribution in [1.29, 1.82) is 0 Å². The Balaban J connectivity index is 2.02. The number of carbonyl (C=O) groups excluding carboxylic acids is 1. The summed E-state index contributed by atoms with van der Waals surface area (Å²) < 4.78 is 44.7. The second kappa shape index (κ2) is 7.81. The number of nitrogens with zero attached hydrogens (tertiary/aromatic N) is 1. The van der Waals surface area contributed by atoms with E-state index in [4.69, 9.17) is 4.74 Å². The van der Waals surface area contributed by atoms with Crippen molar-refractivity contribution in [3.05, 3.63) is 35.4 Å². The Kier molecular flexibility index (Phi) is 6.04. The zero-order valence-corrected chi connectivity index (χ0v) is 13.2. The van der Waals surface area contributed by atoms with E-state index in [9.17, 15) is 18.0 Å². The maximum absolute atomic E-state index is 13.0. The molecule has 128 valence electrons. The van der Waals surface area contributed by atoms with Gasteiger partial charge in [0.1, 0.15) is 0 Å². The maximum Gasteiger partial charge on any atom is 0.416 e. The summed E-state index contributed by atoms with van der Waals surface area (Å²) in [6, 6.07) is 5.26. The predicted molar refractivity (Wildman–Crippen MR) is 81.0 cm³/mol. The number of rotatable bonds is 5. The Bertz CT molecular complexity index is 531. The minimum absolute atomic E-state index is 0.00879. The fourth-order valence-electron chi connectivity index (χ4n) is 2.81. The number of alkyl halides is 3. The Labute approximate surface area is 134 Å². The van der Waals surface area contributed by atoms with Gasteiger partial charge in [-0.1, -0.05) is 25.1 Å². The molecule has 1 aromatic rings. The van der Waals surface area contributed by atoms with Crippen LogP contribution in [0.15, 0.2) is 24.3 Å². The third-order valence-electron chi connectivity index (χ3n) is 3.95. The molecular formula is C17H22F3NO2. The lowest BCUT2D eigenvalue weighted by atomic mass is 10.0. The first-order valence-corrected chi connectivity index (χ1v) is 7.96. The Morgan fingerprint density at radius 3 is 2.78 bits per heavy atom. The SMILES string of the molecule is CCCOC1CCCN(C(=O)Cc2ccccc2C(F)(F)F)C1. The summed E-state index contributed by atoms with van der Waals surface area (Å²) in [4.78, 5) is 14.0. The van der Waals surface area contributed by atoms with Crippen LogP contribution in [0.4, 0.5) is 13.2 Å².